The molecule has 0 amide bonds. The lowest BCUT2D eigenvalue weighted by Gasteiger charge is -2.43. The molecule has 122 valence electrons. The first-order chi connectivity index (χ1) is 9.49. The summed E-state index contributed by atoms with van der Waals surface area (Å²) in [6.45, 7) is 13.7. The Morgan fingerprint density at radius 3 is 1.90 bits per heavy atom. The van der Waals surface area contributed by atoms with Crippen molar-refractivity contribution in [2.45, 2.75) is 98.2 Å². The van der Waals surface area contributed by atoms with Gasteiger partial charge in [0.1, 0.15) is 0 Å². The van der Waals surface area contributed by atoms with Crippen molar-refractivity contribution in [2.75, 3.05) is 6.61 Å². The Kier molecular flexibility index (Phi) is 10.6. The second kappa shape index (κ2) is 10.6. The number of aliphatic hydroxyl groups is 1. The third-order valence-electron chi connectivity index (χ3n) is 4.80. The van der Waals surface area contributed by atoms with E-state index in [0.717, 1.165) is 19.4 Å². The van der Waals surface area contributed by atoms with Crippen LogP contribution >= 0.6 is 0 Å². The smallest absolute Gasteiger partial charge is 0.0675 e. The molecule has 1 saturated heterocycles. The monoisotopic (exact) mass is 286 g/mol. The van der Waals surface area contributed by atoms with Crippen LogP contribution in [0.1, 0.15) is 86.5 Å². The van der Waals surface area contributed by atoms with Gasteiger partial charge in [-0.25, -0.2) is 0 Å². The molecule has 2 heteroatoms. The van der Waals surface area contributed by atoms with E-state index in [1.807, 2.05) is 13.8 Å². The van der Waals surface area contributed by atoms with Crippen LogP contribution in [0.25, 0.3) is 0 Å². The van der Waals surface area contributed by atoms with Gasteiger partial charge in [0.2, 0.25) is 0 Å². The van der Waals surface area contributed by atoms with Crippen LogP contribution in [-0.4, -0.2) is 23.4 Å². The minimum Gasteiger partial charge on any atom is -0.390 e. The molecule has 20 heavy (non-hydrogen) atoms. The van der Waals surface area contributed by atoms with Gasteiger partial charge in [-0.15, -0.1) is 0 Å². The summed E-state index contributed by atoms with van der Waals surface area (Å²) >= 11 is 0. The lowest BCUT2D eigenvalue weighted by Crippen LogP contribution is -2.45. The van der Waals surface area contributed by atoms with Gasteiger partial charge in [0.15, 0.2) is 0 Å². The maximum Gasteiger partial charge on any atom is 0.0675 e. The van der Waals surface area contributed by atoms with Crippen molar-refractivity contribution in [1.82, 2.24) is 0 Å². The van der Waals surface area contributed by atoms with E-state index >= 15 is 0 Å². The SMILES string of the molecule is CC.CC(C)C(C)C1(O)CCC1.CCC1CCCCO1. The zero-order chi connectivity index (χ0) is 15.6. The molecule has 2 rings (SSSR count). The van der Waals surface area contributed by atoms with Gasteiger partial charge < -0.3 is 9.84 Å². The normalized spacial score (nSPS) is 25.5. The minimum atomic E-state index is -0.297. The maximum atomic E-state index is 9.85. The summed E-state index contributed by atoms with van der Waals surface area (Å²) < 4.78 is 5.43. The molecular weight excluding hydrogens is 248 g/mol. The third kappa shape index (κ3) is 6.58. The molecule has 0 aromatic carbocycles. The Labute approximate surface area is 127 Å². The molecule has 2 aliphatic rings. The largest absolute Gasteiger partial charge is 0.390 e. The summed E-state index contributed by atoms with van der Waals surface area (Å²) in [5.74, 6) is 1.09. The highest BCUT2D eigenvalue weighted by molar-refractivity contribution is 4.92. The van der Waals surface area contributed by atoms with Crippen LogP contribution < -0.4 is 0 Å². The number of ether oxygens (including phenoxy) is 1. The lowest BCUT2D eigenvalue weighted by atomic mass is 9.68. The van der Waals surface area contributed by atoms with Crippen LogP contribution in [0.2, 0.25) is 0 Å². The molecule has 2 fully saturated rings. The number of hydrogen-bond acceptors (Lipinski definition) is 2. The van der Waals surface area contributed by atoms with Crippen molar-refractivity contribution < 1.29 is 9.84 Å². The van der Waals surface area contributed by atoms with Crippen molar-refractivity contribution in [3.63, 3.8) is 0 Å². The average molecular weight is 286 g/mol. The van der Waals surface area contributed by atoms with Crippen LogP contribution in [-0.2, 0) is 4.74 Å². The van der Waals surface area contributed by atoms with E-state index in [2.05, 4.69) is 27.7 Å². The zero-order valence-electron chi connectivity index (χ0n) is 14.7. The lowest BCUT2D eigenvalue weighted by molar-refractivity contribution is -0.0912. The standard InChI is InChI=1S/C9H18O.C7H14O.C2H6/c1-7(2)8(3)9(10)5-4-6-9;1-2-7-5-3-4-6-8-7;1-2/h7-8,10H,4-6H2,1-3H3;7H,2-6H2,1H3;1-2H3. The molecule has 0 bridgehead atoms. The number of rotatable bonds is 3. The van der Waals surface area contributed by atoms with Crippen molar-refractivity contribution in [1.29, 1.82) is 0 Å². The molecule has 1 N–H and O–H groups in total. The van der Waals surface area contributed by atoms with Crippen LogP contribution in [0.4, 0.5) is 0 Å². The second-order valence-electron chi connectivity index (χ2n) is 6.39. The van der Waals surface area contributed by atoms with E-state index in [1.165, 1.54) is 32.1 Å². The zero-order valence-corrected chi connectivity index (χ0v) is 14.7. The van der Waals surface area contributed by atoms with Gasteiger partial charge in [-0.1, -0.05) is 41.5 Å². The van der Waals surface area contributed by atoms with E-state index in [9.17, 15) is 5.11 Å². The van der Waals surface area contributed by atoms with E-state index in [0.29, 0.717) is 17.9 Å². The Balaban J connectivity index is 0.000000327. The molecule has 1 heterocycles. The highest BCUT2D eigenvalue weighted by Gasteiger charge is 2.40. The summed E-state index contributed by atoms with van der Waals surface area (Å²) in [4.78, 5) is 0. The van der Waals surface area contributed by atoms with Gasteiger partial charge in [-0.05, 0) is 56.8 Å². The van der Waals surface area contributed by atoms with E-state index in [4.69, 9.17) is 4.74 Å². The summed E-state index contributed by atoms with van der Waals surface area (Å²) in [7, 11) is 0. The van der Waals surface area contributed by atoms with Gasteiger partial charge in [-0.2, -0.15) is 0 Å². The molecule has 0 spiro atoms. The third-order valence-corrected chi connectivity index (χ3v) is 4.80. The molecule has 0 aromatic heterocycles. The Bertz CT molecular complexity index is 215. The molecular formula is C18H38O2. The van der Waals surface area contributed by atoms with Gasteiger partial charge >= 0.3 is 0 Å². The second-order valence-corrected chi connectivity index (χ2v) is 6.39. The summed E-state index contributed by atoms with van der Waals surface area (Å²) in [5, 5.41) is 9.85. The van der Waals surface area contributed by atoms with Gasteiger partial charge in [0.05, 0.1) is 11.7 Å². The van der Waals surface area contributed by atoms with Gasteiger partial charge in [0.25, 0.3) is 0 Å². The molecule has 1 aliphatic heterocycles. The quantitative estimate of drug-likeness (QED) is 0.774. The fraction of sp³-hybridized carbons (Fsp3) is 1.00. The van der Waals surface area contributed by atoms with Crippen molar-refractivity contribution in [2.24, 2.45) is 11.8 Å². The molecule has 2 unspecified atom stereocenters. The summed E-state index contributed by atoms with van der Waals surface area (Å²) in [6.07, 6.45) is 8.97. The fourth-order valence-electron chi connectivity index (χ4n) is 2.74. The molecule has 2 nitrogen and oxygen atoms in total. The summed E-state index contributed by atoms with van der Waals surface area (Å²) in [6, 6.07) is 0. The topological polar surface area (TPSA) is 29.5 Å². The average Bonchev–Trinajstić information content (AvgIpc) is 2.47. The predicted octanol–water partition coefficient (Wildman–Crippen LogP) is 5.19. The predicted molar refractivity (Wildman–Crippen MR) is 88.0 cm³/mol. The molecule has 1 saturated carbocycles. The first-order valence-electron chi connectivity index (χ1n) is 8.83. The van der Waals surface area contributed by atoms with Crippen molar-refractivity contribution in [3.8, 4) is 0 Å². The van der Waals surface area contributed by atoms with Gasteiger partial charge in [-0.3, -0.25) is 0 Å². The molecule has 0 aromatic rings. The fourth-order valence-corrected chi connectivity index (χ4v) is 2.74. The molecule has 0 radical (unpaired) electrons. The number of hydrogen-bond donors (Lipinski definition) is 1. The van der Waals surface area contributed by atoms with Crippen LogP contribution in [0.5, 0.6) is 0 Å². The van der Waals surface area contributed by atoms with Crippen molar-refractivity contribution >= 4 is 0 Å². The van der Waals surface area contributed by atoms with Crippen LogP contribution in [0.3, 0.4) is 0 Å². The van der Waals surface area contributed by atoms with Crippen LogP contribution in [0, 0.1) is 11.8 Å². The maximum absolute atomic E-state index is 9.85. The van der Waals surface area contributed by atoms with E-state index in [1.54, 1.807) is 0 Å². The molecule has 1 aliphatic carbocycles. The Morgan fingerprint density at radius 2 is 1.70 bits per heavy atom. The van der Waals surface area contributed by atoms with E-state index < -0.39 is 0 Å². The highest BCUT2D eigenvalue weighted by atomic mass is 16.5. The summed E-state index contributed by atoms with van der Waals surface area (Å²) in [5.41, 5.74) is -0.297. The van der Waals surface area contributed by atoms with Gasteiger partial charge in [0, 0.05) is 6.61 Å². The van der Waals surface area contributed by atoms with E-state index in [-0.39, 0.29) is 5.60 Å². The first-order valence-corrected chi connectivity index (χ1v) is 8.83. The van der Waals surface area contributed by atoms with Crippen LogP contribution in [0.15, 0.2) is 0 Å². The Morgan fingerprint density at radius 1 is 1.10 bits per heavy atom. The van der Waals surface area contributed by atoms with Crippen molar-refractivity contribution in [3.05, 3.63) is 0 Å². The highest BCUT2D eigenvalue weighted by Crippen LogP contribution is 2.40. The first kappa shape index (κ1) is 19.9. The Hall–Kier alpha value is -0.0800. The minimum absolute atomic E-state index is 0.297. The molecule has 2 atom stereocenters.